The number of nitrogens with one attached hydrogen (secondary N) is 1. The van der Waals surface area contributed by atoms with Crippen molar-refractivity contribution in [3.05, 3.63) is 46.0 Å². The predicted octanol–water partition coefficient (Wildman–Crippen LogP) is 2.84. The maximum absolute atomic E-state index is 12.8. The second-order valence-electron chi connectivity index (χ2n) is 7.30. The molecule has 0 radical (unpaired) electrons. The molecule has 1 saturated heterocycles. The van der Waals surface area contributed by atoms with Crippen molar-refractivity contribution in [2.24, 2.45) is 29.1 Å². The molecule has 5 nitrogen and oxygen atoms in total. The van der Waals surface area contributed by atoms with E-state index in [0.29, 0.717) is 5.02 Å². The average molecular weight is 377 g/mol. The first-order valence-corrected chi connectivity index (χ1v) is 9.02. The van der Waals surface area contributed by atoms with Gasteiger partial charge in [0, 0.05) is 5.02 Å². The van der Waals surface area contributed by atoms with Gasteiger partial charge in [-0.1, -0.05) is 35.4 Å². The second-order valence-corrected chi connectivity index (χ2v) is 8.14. The van der Waals surface area contributed by atoms with Crippen molar-refractivity contribution in [1.82, 2.24) is 10.4 Å². The van der Waals surface area contributed by atoms with Crippen molar-refractivity contribution < 1.29 is 14.4 Å². The summed E-state index contributed by atoms with van der Waals surface area (Å²) in [5.41, 5.74) is 2.75. The predicted molar refractivity (Wildman–Crippen MR) is 90.5 cm³/mol. The Bertz CT molecular complexity index is 843. The number of imide groups is 1. The van der Waals surface area contributed by atoms with Crippen LogP contribution in [0.1, 0.15) is 23.2 Å². The number of halogens is 2. The van der Waals surface area contributed by atoms with Gasteiger partial charge >= 0.3 is 0 Å². The molecule has 3 fully saturated rings. The fourth-order valence-electron chi connectivity index (χ4n) is 5.02. The van der Waals surface area contributed by atoms with Crippen LogP contribution in [-0.4, -0.2) is 22.7 Å². The number of fused-ring (bicyclic) bond motifs is 3. The van der Waals surface area contributed by atoms with E-state index in [2.05, 4.69) is 17.6 Å². The lowest BCUT2D eigenvalue weighted by Crippen LogP contribution is -2.48. The number of hydrogen-bond donors (Lipinski definition) is 1. The van der Waals surface area contributed by atoms with Crippen LogP contribution in [0, 0.1) is 29.1 Å². The van der Waals surface area contributed by atoms with Gasteiger partial charge in [-0.25, -0.2) is 0 Å². The number of hydrogen-bond acceptors (Lipinski definition) is 3. The summed E-state index contributed by atoms with van der Waals surface area (Å²) in [6, 6.07) is 4.45. The maximum atomic E-state index is 12.8. The summed E-state index contributed by atoms with van der Waals surface area (Å²) in [7, 11) is 0. The Labute approximate surface area is 153 Å². The zero-order valence-electron chi connectivity index (χ0n) is 13.0. The lowest BCUT2D eigenvalue weighted by atomic mass is 9.85. The first kappa shape index (κ1) is 15.4. The number of amides is 3. The Morgan fingerprint density at radius 3 is 2.20 bits per heavy atom. The minimum Gasteiger partial charge on any atom is -0.272 e. The summed E-state index contributed by atoms with van der Waals surface area (Å²) in [4.78, 5) is 38.1. The number of carbonyl (C=O) groups excluding carboxylic acids is 3. The Morgan fingerprint density at radius 1 is 1.08 bits per heavy atom. The molecule has 2 saturated carbocycles. The van der Waals surface area contributed by atoms with Crippen molar-refractivity contribution in [2.45, 2.75) is 12.8 Å². The third-order valence-electron chi connectivity index (χ3n) is 6.24. The lowest BCUT2D eigenvalue weighted by Gasteiger charge is -2.22. The van der Waals surface area contributed by atoms with Gasteiger partial charge in [-0.2, -0.15) is 5.01 Å². The van der Waals surface area contributed by atoms with Crippen molar-refractivity contribution in [1.29, 1.82) is 0 Å². The lowest BCUT2D eigenvalue weighted by molar-refractivity contribution is -0.144. The van der Waals surface area contributed by atoms with Crippen LogP contribution in [0.5, 0.6) is 0 Å². The number of rotatable bonds is 2. The van der Waals surface area contributed by atoms with Crippen molar-refractivity contribution in [2.75, 3.05) is 0 Å². The molecule has 1 N–H and O–H groups in total. The Morgan fingerprint density at radius 2 is 1.68 bits per heavy atom. The molecule has 1 aliphatic heterocycles. The number of carbonyl (C=O) groups is 3. The smallest absolute Gasteiger partial charge is 0.271 e. The topological polar surface area (TPSA) is 66.5 Å². The summed E-state index contributed by atoms with van der Waals surface area (Å²) in [6.45, 7) is 0. The minimum absolute atomic E-state index is 0.125. The summed E-state index contributed by atoms with van der Waals surface area (Å²) in [5.74, 6) is -1.64. The molecule has 25 heavy (non-hydrogen) atoms. The number of benzene rings is 1. The van der Waals surface area contributed by atoms with Gasteiger partial charge in [0.2, 0.25) is 0 Å². The van der Waals surface area contributed by atoms with E-state index in [1.165, 1.54) is 18.2 Å². The number of allylic oxidation sites excluding steroid dienone is 2. The summed E-state index contributed by atoms with van der Waals surface area (Å²) < 4.78 is 0. The molecule has 4 atom stereocenters. The monoisotopic (exact) mass is 376 g/mol. The Hall–Kier alpha value is -1.85. The van der Waals surface area contributed by atoms with Gasteiger partial charge in [-0.05, 0) is 48.3 Å². The van der Waals surface area contributed by atoms with Gasteiger partial charge in [-0.15, -0.1) is 0 Å². The highest BCUT2D eigenvalue weighted by molar-refractivity contribution is 6.36. The molecule has 128 valence electrons. The van der Waals surface area contributed by atoms with Gasteiger partial charge in [0.1, 0.15) is 0 Å². The molecule has 5 rings (SSSR count). The van der Waals surface area contributed by atoms with E-state index in [-0.39, 0.29) is 51.5 Å². The van der Waals surface area contributed by atoms with Crippen LogP contribution in [0.25, 0.3) is 0 Å². The van der Waals surface area contributed by atoms with Gasteiger partial charge in [-0.3, -0.25) is 19.8 Å². The molecule has 0 aromatic heterocycles. The van der Waals surface area contributed by atoms with Crippen molar-refractivity contribution in [3.8, 4) is 0 Å². The SMILES string of the molecule is O=C(NN1C(=O)[C@H]2[C@H](C1=O)[C@@H]1C=C[C@H]2C12CC2)c1ccc(Cl)cc1Cl. The van der Waals surface area contributed by atoms with Gasteiger partial charge < -0.3 is 0 Å². The number of hydrazine groups is 1. The zero-order valence-corrected chi connectivity index (χ0v) is 14.6. The highest BCUT2D eigenvalue weighted by Crippen LogP contribution is 2.73. The van der Waals surface area contributed by atoms with Crippen LogP contribution in [0.4, 0.5) is 0 Å². The molecular formula is C18H14Cl2N2O3. The van der Waals surface area contributed by atoms with Crippen LogP contribution in [0.3, 0.4) is 0 Å². The van der Waals surface area contributed by atoms with E-state index in [1.54, 1.807) is 0 Å². The average Bonchev–Trinajstić information content (AvgIpc) is 3.17. The van der Waals surface area contributed by atoms with Crippen molar-refractivity contribution >= 4 is 40.9 Å². The molecule has 1 aromatic carbocycles. The van der Waals surface area contributed by atoms with Crippen LogP contribution in [-0.2, 0) is 9.59 Å². The molecule has 4 aliphatic rings. The highest BCUT2D eigenvalue weighted by atomic mass is 35.5. The van der Waals surface area contributed by atoms with Gasteiger partial charge in [0.25, 0.3) is 17.7 Å². The zero-order chi connectivity index (χ0) is 17.5. The summed E-state index contributed by atoms with van der Waals surface area (Å²) >= 11 is 11.9. The Kier molecular flexibility index (Phi) is 3.00. The molecule has 3 amide bonds. The molecule has 1 spiro atoms. The summed E-state index contributed by atoms with van der Waals surface area (Å²) in [5, 5.41) is 1.47. The normalized spacial score (nSPS) is 33.3. The van der Waals surface area contributed by atoms with Crippen LogP contribution in [0.2, 0.25) is 10.0 Å². The highest BCUT2D eigenvalue weighted by Gasteiger charge is 2.73. The van der Waals surface area contributed by atoms with Crippen LogP contribution in [0.15, 0.2) is 30.4 Å². The summed E-state index contributed by atoms with van der Waals surface area (Å²) in [6.07, 6.45) is 6.34. The van der Waals surface area contributed by atoms with E-state index in [4.69, 9.17) is 23.2 Å². The molecule has 2 bridgehead atoms. The van der Waals surface area contributed by atoms with Crippen LogP contribution >= 0.6 is 23.2 Å². The van der Waals surface area contributed by atoms with E-state index >= 15 is 0 Å². The maximum Gasteiger partial charge on any atom is 0.271 e. The van der Waals surface area contributed by atoms with Crippen LogP contribution < -0.4 is 5.43 Å². The third kappa shape index (κ3) is 1.88. The molecular weight excluding hydrogens is 363 g/mol. The molecule has 1 heterocycles. The molecule has 1 aromatic rings. The van der Waals surface area contributed by atoms with E-state index < -0.39 is 5.91 Å². The first-order valence-electron chi connectivity index (χ1n) is 8.26. The minimum atomic E-state index is -0.593. The van der Waals surface area contributed by atoms with Gasteiger partial charge in [0.05, 0.1) is 22.4 Å². The quantitative estimate of drug-likeness (QED) is 0.637. The van der Waals surface area contributed by atoms with Crippen molar-refractivity contribution in [3.63, 3.8) is 0 Å². The van der Waals surface area contributed by atoms with E-state index in [0.717, 1.165) is 17.9 Å². The fourth-order valence-corrected chi connectivity index (χ4v) is 5.52. The van der Waals surface area contributed by atoms with Gasteiger partial charge in [0.15, 0.2) is 0 Å². The van der Waals surface area contributed by atoms with E-state index in [9.17, 15) is 14.4 Å². The molecule has 0 unspecified atom stereocenters. The fraction of sp³-hybridized carbons (Fsp3) is 0.389. The number of nitrogens with zero attached hydrogens (tertiary/aromatic N) is 1. The second kappa shape index (κ2) is 4.86. The third-order valence-corrected chi connectivity index (χ3v) is 6.79. The standard InChI is InChI=1S/C18H14Cl2N2O3/c19-8-1-2-9(12(20)7-8)15(23)21-22-16(24)13-10-3-4-11(14(13)17(22)25)18(10)5-6-18/h1-4,7,10-11,13-14H,5-6H2,(H,21,23)/t10-,11+,13-,14-/m1/s1. The van der Waals surface area contributed by atoms with E-state index in [1.807, 2.05) is 0 Å². The largest absolute Gasteiger partial charge is 0.272 e. The molecule has 3 aliphatic carbocycles. The molecule has 7 heteroatoms. The Balaban J connectivity index is 1.41. The first-order chi connectivity index (χ1) is 11.9.